The molecule has 0 radical (unpaired) electrons. The first-order valence-corrected chi connectivity index (χ1v) is 5.99. The van der Waals surface area contributed by atoms with E-state index >= 15 is 0 Å². The summed E-state index contributed by atoms with van der Waals surface area (Å²) in [7, 11) is 0. The van der Waals surface area contributed by atoms with Gasteiger partial charge in [0.1, 0.15) is 5.75 Å². The van der Waals surface area contributed by atoms with Crippen LogP contribution in [0.5, 0.6) is 5.75 Å². The molecular weight excluding hydrogens is 230 g/mol. The number of carbonyl (C=O) groups is 1. The van der Waals surface area contributed by atoms with E-state index in [0.717, 1.165) is 11.1 Å². The molecule has 0 aliphatic rings. The van der Waals surface area contributed by atoms with Crippen LogP contribution in [-0.4, -0.2) is 16.2 Å². The molecule has 1 rings (SSSR count). The monoisotopic (exact) mass is 251 g/mol. The molecule has 0 fully saturated rings. The number of hydrogen-bond donors (Lipinski definition) is 3. The van der Waals surface area contributed by atoms with E-state index < -0.39 is 5.97 Å². The van der Waals surface area contributed by atoms with Crippen LogP contribution in [-0.2, 0) is 11.3 Å². The number of carboxylic acids is 1. The molecule has 4 heteroatoms. The van der Waals surface area contributed by atoms with Gasteiger partial charge in [0.25, 0.3) is 0 Å². The lowest BCUT2D eigenvalue weighted by atomic mass is 9.73. The summed E-state index contributed by atoms with van der Waals surface area (Å²) in [5, 5.41) is 18.5. The van der Waals surface area contributed by atoms with Crippen LogP contribution in [0.1, 0.15) is 44.2 Å². The van der Waals surface area contributed by atoms with Crippen LogP contribution in [0.2, 0.25) is 0 Å². The van der Waals surface area contributed by atoms with E-state index in [0.29, 0.717) is 0 Å². The Morgan fingerprint density at radius 2 is 2.00 bits per heavy atom. The predicted octanol–water partition coefficient (Wildman–Crippen LogP) is 2.46. The average Bonchev–Trinajstić information content (AvgIpc) is 2.24. The van der Waals surface area contributed by atoms with Gasteiger partial charge in [0.05, 0.1) is 6.42 Å². The second-order valence-corrected chi connectivity index (χ2v) is 5.60. The number of phenolic OH excluding ortho intramolecular Hbond substituents is 1. The molecular formula is C14H21NO3. The number of rotatable bonds is 4. The van der Waals surface area contributed by atoms with E-state index in [1.54, 1.807) is 18.2 Å². The van der Waals surface area contributed by atoms with Crippen LogP contribution in [0.3, 0.4) is 0 Å². The Morgan fingerprint density at radius 3 is 2.44 bits per heavy atom. The Hall–Kier alpha value is -1.55. The molecule has 0 saturated carbocycles. The second kappa shape index (κ2) is 5.40. The summed E-state index contributed by atoms with van der Waals surface area (Å²) in [6.45, 7) is 6.31. The molecule has 1 unspecified atom stereocenters. The normalized spacial score (nSPS) is 13.3. The maximum Gasteiger partial charge on any atom is 0.303 e. The SMILES string of the molecule is CC(C)(C)C(CC(=O)O)c1ccc(O)cc1CN. The zero-order valence-electron chi connectivity index (χ0n) is 11.1. The topological polar surface area (TPSA) is 83.5 Å². The molecule has 100 valence electrons. The molecule has 0 saturated heterocycles. The standard InChI is InChI=1S/C14H21NO3/c1-14(2,3)12(7-13(17)18)11-5-4-10(16)6-9(11)8-15/h4-6,12,16H,7-8,15H2,1-3H3,(H,17,18). The van der Waals surface area contributed by atoms with Gasteiger partial charge in [0.15, 0.2) is 0 Å². The number of benzene rings is 1. The fourth-order valence-corrected chi connectivity index (χ4v) is 2.17. The van der Waals surface area contributed by atoms with E-state index in [4.69, 9.17) is 10.8 Å². The smallest absolute Gasteiger partial charge is 0.303 e. The molecule has 1 atom stereocenters. The van der Waals surface area contributed by atoms with Gasteiger partial charge < -0.3 is 15.9 Å². The third-order valence-electron chi connectivity index (χ3n) is 3.15. The highest BCUT2D eigenvalue weighted by molar-refractivity contribution is 5.68. The molecule has 0 heterocycles. The first kappa shape index (κ1) is 14.5. The number of aromatic hydroxyl groups is 1. The molecule has 0 bridgehead atoms. The minimum absolute atomic E-state index is 0.0568. The highest BCUT2D eigenvalue weighted by Gasteiger charge is 2.30. The predicted molar refractivity (Wildman–Crippen MR) is 70.4 cm³/mol. The summed E-state index contributed by atoms with van der Waals surface area (Å²) in [4.78, 5) is 11.0. The minimum atomic E-state index is -0.828. The first-order chi connectivity index (χ1) is 8.25. The molecule has 0 aliphatic carbocycles. The van der Waals surface area contributed by atoms with Gasteiger partial charge in [-0.3, -0.25) is 4.79 Å². The van der Waals surface area contributed by atoms with Crippen molar-refractivity contribution in [3.63, 3.8) is 0 Å². The Balaban J connectivity index is 3.24. The lowest BCUT2D eigenvalue weighted by molar-refractivity contribution is -0.138. The summed E-state index contributed by atoms with van der Waals surface area (Å²) in [6, 6.07) is 4.96. The van der Waals surface area contributed by atoms with Crippen molar-refractivity contribution in [2.75, 3.05) is 0 Å². The summed E-state index contributed by atoms with van der Waals surface area (Å²) < 4.78 is 0. The van der Waals surface area contributed by atoms with Crippen LogP contribution in [0.15, 0.2) is 18.2 Å². The zero-order valence-corrected chi connectivity index (χ0v) is 11.1. The lowest BCUT2D eigenvalue weighted by Crippen LogP contribution is -2.23. The van der Waals surface area contributed by atoms with Gasteiger partial charge in [-0.25, -0.2) is 0 Å². The first-order valence-electron chi connectivity index (χ1n) is 5.99. The molecule has 18 heavy (non-hydrogen) atoms. The van der Waals surface area contributed by atoms with E-state index in [9.17, 15) is 9.90 Å². The van der Waals surface area contributed by atoms with Crippen molar-refractivity contribution in [3.05, 3.63) is 29.3 Å². The van der Waals surface area contributed by atoms with Gasteiger partial charge in [0.2, 0.25) is 0 Å². The van der Waals surface area contributed by atoms with Gasteiger partial charge in [-0.15, -0.1) is 0 Å². The molecule has 1 aromatic rings. The number of nitrogens with two attached hydrogens (primary N) is 1. The van der Waals surface area contributed by atoms with Crippen LogP contribution in [0.25, 0.3) is 0 Å². The summed E-state index contributed by atoms with van der Waals surface area (Å²) in [5.41, 5.74) is 7.20. The maximum absolute atomic E-state index is 11.0. The van der Waals surface area contributed by atoms with Crippen LogP contribution >= 0.6 is 0 Å². The van der Waals surface area contributed by atoms with Crippen molar-refractivity contribution in [2.24, 2.45) is 11.1 Å². The van der Waals surface area contributed by atoms with Crippen molar-refractivity contribution < 1.29 is 15.0 Å². The number of aliphatic carboxylic acids is 1. The molecule has 0 amide bonds. The van der Waals surface area contributed by atoms with Gasteiger partial charge in [-0.1, -0.05) is 26.8 Å². The van der Waals surface area contributed by atoms with Gasteiger partial charge in [-0.2, -0.15) is 0 Å². The third kappa shape index (κ3) is 3.47. The molecule has 0 spiro atoms. The maximum atomic E-state index is 11.0. The highest BCUT2D eigenvalue weighted by atomic mass is 16.4. The van der Waals surface area contributed by atoms with Gasteiger partial charge in [-0.05, 0) is 34.6 Å². The van der Waals surface area contributed by atoms with Crippen molar-refractivity contribution >= 4 is 5.97 Å². The number of phenols is 1. The number of hydrogen-bond acceptors (Lipinski definition) is 3. The Morgan fingerprint density at radius 1 is 1.39 bits per heavy atom. The molecule has 4 nitrogen and oxygen atoms in total. The largest absolute Gasteiger partial charge is 0.508 e. The second-order valence-electron chi connectivity index (χ2n) is 5.60. The summed E-state index contributed by atoms with van der Waals surface area (Å²) >= 11 is 0. The van der Waals surface area contributed by atoms with Gasteiger partial charge in [0, 0.05) is 6.54 Å². The Labute approximate surface area is 107 Å². The van der Waals surface area contributed by atoms with Crippen molar-refractivity contribution in [2.45, 2.75) is 39.7 Å². The molecule has 0 aromatic heterocycles. The zero-order chi connectivity index (χ0) is 13.9. The fourth-order valence-electron chi connectivity index (χ4n) is 2.17. The van der Waals surface area contributed by atoms with Gasteiger partial charge >= 0.3 is 5.97 Å². The molecule has 4 N–H and O–H groups in total. The fraction of sp³-hybridized carbons (Fsp3) is 0.500. The lowest BCUT2D eigenvalue weighted by Gasteiger charge is -2.31. The van der Waals surface area contributed by atoms with E-state index in [1.807, 2.05) is 20.8 Å². The number of carboxylic acid groups (broad SMARTS) is 1. The van der Waals surface area contributed by atoms with Crippen LogP contribution in [0.4, 0.5) is 0 Å². The van der Waals surface area contributed by atoms with Crippen LogP contribution < -0.4 is 5.73 Å². The summed E-state index contributed by atoms with van der Waals surface area (Å²) in [5.74, 6) is -0.803. The highest BCUT2D eigenvalue weighted by Crippen LogP contribution is 2.39. The average molecular weight is 251 g/mol. The van der Waals surface area contributed by atoms with Crippen molar-refractivity contribution in [1.29, 1.82) is 0 Å². The summed E-state index contributed by atoms with van der Waals surface area (Å²) in [6.07, 6.45) is 0.0568. The minimum Gasteiger partial charge on any atom is -0.508 e. The Bertz CT molecular complexity index is 435. The van der Waals surface area contributed by atoms with E-state index in [-0.39, 0.29) is 30.0 Å². The molecule has 1 aromatic carbocycles. The quantitative estimate of drug-likeness (QED) is 0.767. The van der Waals surface area contributed by atoms with Crippen molar-refractivity contribution in [1.82, 2.24) is 0 Å². The van der Waals surface area contributed by atoms with E-state index in [1.165, 1.54) is 0 Å². The van der Waals surface area contributed by atoms with Crippen molar-refractivity contribution in [3.8, 4) is 5.75 Å². The third-order valence-corrected chi connectivity index (χ3v) is 3.15. The molecule has 0 aliphatic heterocycles. The Kier molecular flexibility index (Phi) is 4.35. The van der Waals surface area contributed by atoms with E-state index in [2.05, 4.69) is 0 Å². The van der Waals surface area contributed by atoms with Crippen LogP contribution in [0, 0.1) is 5.41 Å².